The number of allylic oxidation sites excluding steroid dienone is 12. The van der Waals surface area contributed by atoms with Crippen molar-refractivity contribution in [3.63, 3.8) is 0 Å². The highest BCUT2D eigenvalue weighted by atomic mass is 16.5. The molecule has 0 radical (unpaired) electrons. The Labute approximate surface area is 439 Å². The van der Waals surface area contributed by atoms with Gasteiger partial charge in [0.1, 0.15) is 23.0 Å². The molecule has 0 saturated heterocycles. The molecular formula is C66H72N4O4. The van der Waals surface area contributed by atoms with Gasteiger partial charge in [-0.25, -0.2) is 20.0 Å². The van der Waals surface area contributed by atoms with Crippen molar-refractivity contribution in [2.24, 2.45) is 20.0 Å². The molecule has 0 spiro atoms. The van der Waals surface area contributed by atoms with Crippen LogP contribution in [-0.4, -0.2) is 46.3 Å². The summed E-state index contributed by atoms with van der Waals surface area (Å²) in [6, 6.07) is 31.0. The molecule has 0 atom stereocenters. The monoisotopic (exact) mass is 985 g/mol. The van der Waals surface area contributed by atoms with Gasteiger partial charge >= 0.3 is 0 Å². The van der Waals surface area contributed by atoms with E-state index in [1.54, 1.807) is 24.3 Å². The summed E-state index contributed by atoms with van der Waals surface area (Å²) in [4.78, 5) is 21.6. The van der Waals surface area contributed by atoms with Crippen LogP contribution in [0.5, 0.6) is 23.0 Å². The van der Waals surface area contributed by atoms with Gasteiger partial charge in [0.05, 0.1) is 58.8 Å². The summed E-state index contributed by atoms with van der Waals surface area (Å²) in [7, 11) is 0. The first-order valence-electron chi connectivity index (χ1n) is 27.6. The molecule has 5 aliphatic rings. The second kappa shape index (κ2) is 26.1. The lowest BCUT2D eigenvalue weighted by molar-refractivity contribution is 0.304. The van der Waals surface area contributed by atoms with E-state index in [4.69, 9.17) is 29.4 Å². The zero-order valence-corrected chi connectivity index (χ0v) is 43.5. The molecule has 0 aromatic heterocycles. The molecule has 8 bridgehead atoms. The standard InChI is InChI=1S/C66H72N4O4/c1-3-5-7-9-11-13-15-17-19-45-73-53-33-25-49(26-34-53)65-59-41-39-57(68-59)63(47-21-29-51(71)30-22-47)55-37-38-56(67-55)64(48-23-31-52(72)32-24-48)58-40-42-60(69-58)66(62-44-43-61(65)70-62)50-27-35-54(36-28-50)74-46-20-18-16-14-12-10-8-6-4-2/h21-44,71-72H,3-20,45-46H2,1-2H3. The van der Waals surface area contributed by atoms with E-state index in [-0.39, 0.29) is 11.5 Å². The number of ether oxygens (including phenoxy) is 2. The summed E-state index contributed by atoms with van der Waals surface area (Å²) in [6.45, 7) is 5.92. The number of benzene rings is 4. The normalized spacial score (nSPS) is 15.7. The molecule has 0 unspecified atom stereocenters. The van der Waals surface area contributed by atoms with Crippen LogP contribution >= 0.6 is 0 Å². The molecular weight excluding hydrogens is 913 g/mol. The van der Waals surface area contributed by atoms with Crippen LogP contribution in [0.3, 0.4) is 0 Å². The number of rotatable bonds is 26. The second-order valence-electron chi connectivity index (χ2n) is 19.9. The van der Waals surface area contributed by atoms with E-state index in [1.165, 1.54) is 103 Å². The van der Waals surface area contributed by atoms with Gasteiger partial charge in [-0.2, -0.15) is 0 Å². The van der Waals surface area contributed by atoms with Crippen molar-refractivity contribution in [2.75, 3.05) is 13.2 Å². The molecule has 380 valence electrons. The summed E-state index contributed by atoms with van der Waals surface area (Å²) < 4.78 is 12.6. The molecule has 0 aliphatic carbocycles. The quantitative estimate of drug-likeness (QED) is 0.0611. The predicted octanol–water partition coefficient (Wildman–Crippen LogP) is 16.9. The van der Waals surface area contributed by atoms with Crippen LogP contribution in [0, 0.1) is 0 Å². The Kier molecular flexibility index (Phi) is 18.2. The molecule has 8 nitrogen and oxygen atoms in total. The minimum atomic E-state index is 0.176. The van der Waals surface area contributed by atoms with Gasteiger partial charge in [0.15, 0.2) is 0 Å². The maximum absolute atomic E-state index is 10.4. The smallest absolute Gasteiger partial charge is 0.119 e. The number of hydrogen-bond donors (Lipinski definition) is 2. The predicted molar refractivity (Wildman–Crippen MR) is 309 cm³/mol. The van der Waals surface area contributed by atoms with Crippen molar-refractivity contribution < 1.29 is 19.7 Å². The number of hydrogen-bond acceptors (Lipinski definition) is 8. The number of aromatic hydroxyl groups is 2. The van der Waals surface area contributed by atoms with E-state index in [0.29, 0.717) is 13.2 Å². The zero-order valence-electron chi connectivity index (χ0n) is 43.5. The molecule has 9 rings (SSSR count). The first-order valence-corrected chi connectivity index (χ1v) is 27.6. The van der Waals surface area contributed by atoms with Crippen molar-refractivity contribution >= 4 is 45.1 Å². The molecule has 2 N–H and O–H groups in total. The Hall–Kier alpha value is -7.32. The Bertz CT molecular complexity index is 2880. The van der Waals surface area contributed by atoms with Crippen LogP contribution in [0.2, 0.25) is 0 Å². The molecule has 0 amide bonds. The summed E-state index contributed by atoms with van der Waals surface area (Å²) in [6.07, 6.45) is 39.3. The molecule has 8 heteroatoms. The number of fused-ring (bicyclic) bond motifs is 4. The molecule has 5 heterocycles. The van der Waals surface area contributed by atoms with E-state index in [1.807, 2.05) is 48.6 Å². The molecule has 5 aliphatic heterocycles. The molecule has 0 fully saturated rings. The Morgan fingerprint density at radius 1 is 0.297 bits per heavy atom. The Morgan fingerprint density at radius 2 is 0.541 bits per heavy atom. The summed E-state index contributed by atoms with van der Waals surface area (Å²) >= 11 is 0. The molecule has 4 aromatic rings. The third-order valence-corrected chi connectivity index (χ3v) is 14.2. The topological polar surface area (TPSA) is 108 Å². The van der Waals surface area contributed by atoms with E-state index in [9.17, 15) is 10.2 Å². The maximum atomic E-state index is 10.4. The van der Waals surface area contributed by atoms with Crippen LogP contribution < -0.4 is 9.47 Å². The lowest BCUT2D eigenvalue weighted by Gasteiger charge is -2.13. The third-order valence-electron chi connectivity index (χ3n) is 14.2. The average molecular weight is 985 g/mol. The van der Waals surface area contributed by atoms with Gasteiger partial charge in [0, 0.05) is 22.3 Å². The van der Waals surface area contributed by atoms with Crippen LogP contribution in [0.25, 0.3) is 22.3 Å². The highest BCUT2D eigenvalue weighted by Gasteiger charge is 2.28. The minimum absolute atomic E-state index is 0.176. The van der Waals surface area contributed by atoms with Gasteiger partial charge in [-0.05, 0) is 132 Å². The number of nitrogens with zero attached hydrogens (tertiary/aromatic N) is 4. The first-order chi connectivity index (χ1) is 36.4. The Morgan fingerprint density at radius 3 is 0.811 bits per heavy atom. The van der Waals surface area contributed by atoms with E-state index in [0.717, 1.165) is 115 Å². The summed E-state index contributed by atoms with van der Waals surface area (Å²) in [5.74, 6) is 2.03. The fraction of sp³-hybridized carbons (Fsp3) is 0.333. The summed E-state index contributed by atoms with van der Waals surface area (Å²) in [5, 5.41) is 20.8. The van der Waals surface area contributed by atoms with Crippen LogP contribution in [0.15, 0.2) is 188 Å². The summed E-state index contributed by atoms with van der Waals surface area (Å²) in [5.41, 5.74) is 13.1. The van der Waals surface area contributed by atoms with Crippen LogP contribution in [-0.2, 0) is 0 Å². The fourth-order valence-corrected chi connectivity index (χ4v) is 10.2. The molecule has 0 saturated carbocycles. The SMILES string of the molecule is CCCCCCCCCCCOc1ccc(C2=C3C=CC(=N3)C(c3ccc(OCCCCCCCCCCC)cc3)=C3C=CC(=N3)C(c3ccc(O)cc3)=C3C=CC(=N3)C(c3ccc(O)cc3)=C3C=CC2=N3)cc1. The molecule has 74 heavy (non-hydrogen) atoms. The van der Waals surface area contributed by atoms with Crippen molar-refractivity contribution in [3.8, 4) is 23.0 Å². The first kappa shape index (κ1) is 51.6. The lowest BCUT2D eigenvalue weighted by atomic mass is 9.98. The maximum Gasteiger partial charge on any atom is 0.119 e. The second-order valence-corrected chi connectivity index (χ2v) is 19.9. The van der Waals surface area contributed by atoms with Crippen molar-refractivity contribution in [3.05, 3.63) is 191 Å². The number of phenolic OH excluding ortho intramolecular Hbond substituents is 2. The lowest BCUT2D eigenvalue weighted by Crippen LogP contribution is -2.04. The van der Waals surface area contributed by atoms with Crippen molar-refractivity contribution in [1.29, 1.82) is 0 Å². The van der Waals surface area contributed by atoms with Gasteiger partial charge in [-0.15, -0.1) is 0 Å². The largest absolute Gasteiger partial charge is 0.508 e. The Balaban J connectivity index is 1.07. The van der Waals surface area contributed by atoms with E-state index < -0.39 is 0 Å². The zero-order chi connectivity index (χ0) is 50.9. The third kappa shape index (κ3) is 13.3. The van der Waals surface area contributed by atoms with Crippen LogP contribution in [0.4, 0.5) is 0 Å². The number of unbranched alkanes of at least 4 members (excludes halogenated alkanes) is 16. The van der Waals surface area contributed by atoms with E-state index in [2.05, 4.69) is 86.7 Å². The van der Waals surface area contributed by atoms with Crippen LogP contribution in [0.1, 0.15) is 152 Å². The number of aliphatic imine (C=N–C) groups is 4. The van der Waals surface area contributed by atoms with Crippen molar-refractivity contribution in [1.82, 2.24) is 0 Å². The van der Waals surface area contributed by atoms with E-state index >= 15 is 0 Å². The van der Waals surface area contributed by atoms with Crippen molar-refractivity contribution in [2.45, 2.75) is 129 Å². The fourth-order valence-electron chi connectivity index (χ4n) is 10.2. The van der Waals surface area contributed by atoms with Gasteiger partial charge in [0.2, 0.25) is 0 Å². The minimum Gasteiger partial charge on any atom is -0.508 e. The van der Waals surface area contributed by atoms with Gasteiger partial charge in [0.25, 0.3) is 0 Å². The average Bonchev–Trinajstić information content (AvgIpc) is 4.29. The molecule has 4 aromatic carbocycles. The van der Waals surface area contributed by atoms with Gasteiger partial charge < -0.3 is 19.7 Å². The van der Waals surface area contributed by atoms with Gasteiger partial charge in [-0.1, -0.05) is 165 Å². The van der Waals surface area contributed by atoms with Gasteiger partial charge in [-0.3, -0.25) is 0 Å². The highest BCUT2D eigenvalue weighted by molar-refractivity contribution is 6.39. The number of phenols is 2. The highest BCUT2D eigenvalue weighted by Crippen LogP contribution is 2.39.